The number of para-hydroxylation sites is 1. The molecule has 2 aromatic carbocycles. The van der Waals surface area contributed by atoms with Crippen LogP contribution >= 0.6 is 0 Å². The first-order valence-corrected chi connectivity index (χ1v) is 5.87. The lowest BCUT2D eigenvalue weighted by Crippen LogP contribution is -2.21. The standard InChI is InChI=1S/C14H14N4O2/c15-13(16)17-10-6-8-11(9-7-10)18-14(19)20-12-4-2-1-3-5-12/h1-9H,(H,18,19)(H4,15,16,17). The van der Waals surface area contributed by atoms with Gasteiger partial charge in [-0.3, -0.25) is 5.32 Å². The van der Waals surface area contributed by atoms with Gasteiger partial charge >= 0.3 is 6.09 Å². The summed E-state index contributed by atoms with van der Waals surface area (Å²) in [6.45, 7) is 0. The summed E-state index contributed by atoms with van der Waals surface area (Å²) in [5.41, 5.74) is 11.7. The van der Waals surface area contributed by atoms with Gasteiger partial charge in [-0.05, 0) is 36.4 Å². The van der Waals surface area contributed by atoms with Crippen LogP contribution in [-0.2, 0) is 0 Å². The molecular formula is C14H14N4O2. The van der Waals surface area contributed by atoms with Crippen molar-refractivity contribution in [2.75, 3.05) is 5.32 Å². The van der Waals surface area contributed by atoms with Crippen LogP contribution in [0.4, 0.5) is 16.2 Å². The Labute approximate surface area is 116 Å². The average Bonchev–Trinajstić information content (AvgIpc) is 2.41. The Bertz CT molecular complexity index is 605. The molecule has 102 valence electrons. The molecule has 2 aromatic rings. The first-order valence-electron chi connectivity index (χ1n) is 5.87. The Balaban J connectivity index is 1.96. The third kappa shape index (κ3) is 4.02. The van der Waals surface area contributed by atoms with Crippen molar-refractivity contribution in [1.82, 2.24) is 0 Å². The number of amides is 1. The van der Waals surface area contributed by atoms with Gasteiger partial charge in [-0.25, -0.2) is 9.79 Å². The Morgan fingerprint density at radius 2 is 1.65 bits per heavy atom. The van der Waals surface area contributed by atoms with Crippen LogP contribution in [0, 0.1) is 0 Å². The minimum atomic E-state index is -0.564. The molecule has 0 aliphatic heterocycles. The van der Waals surface area contributed by atoms with Gasteiger partial charge < -0.3 is 16.2 Å². The topological polar surface area (TPSA) is 103 Å². The lowest BCUT2D eigenvalue weighted by Gasteiger charge is -2.06. The Morgan fingerprint density at radius 3 is 2.25 bits per heavy atom. The molecule has 6 nitrogen and oxygen atoms in total. The zero-order valence-electron chi connectivity index (χ0n) is 10.6. The molecule has 6 heteroatoms. The highest BCUT2D eigenvalue weighted by Gasteiger charge is 2.04. The lowest BCUT2D eigenvalue weighted by molar-refractivity contribution is 0.215. The van der Waals surface area contributed by atoms with Crippen molar-refractivity contribution in [2.45, 2.75) is 0 Å². The number of rotatable bonds is 3. The van der Waals surface area contributed by atoms with E-state index in [0.29, 0.717) is 17.1 Å². The van der Waals surface area contributed by atoms with Gasteiger partial charge in [0.15, 0.2) is 5.96 Å². The number of nitrogens with two attached hydrogens (primary N) is 2. The summed E-state index contributed by atoms with van der Waals surface area (Å²) in [7, 11) is 0. The zero-order chi connectivity index (χ0) is 14.4. The van der Waals surface area contributed by atoms with E-state index in [4.69, 9.17) is 16.2 Å². The fraction of sp³-hybridized carbons (Fsp3) is 0. The van der Waals surface area contributed by atoms with E-state index in [9.17, 15) is 4.79 Å². The Hall–Kier alpha value is -3.02. The number of aliphatic imine (C=N–C) groups is 1. The fourth-order valence-corrected chi connectivity index (χ4v) is 1.51. The number of hydrogen-bond donors (Lipinski definition) is 3. The van der Waals surface area contributed by atoms with Gasteiger partial charge in [-0.15, -0.1) is 0 Å². The van der Waals surface area contributed by atoms with Crippen LogP contribution in [0.15, 0.2) is 59.6 Å². The van der Waals surface area contributed by atoms with E-state index < -0.39 is 6.09 Å². The molecule has 0 spiro atoms. The van der Waals surface area contributed by atoms with Gasteiger partial charge in [-0.1, -0.05) is 18.2 Å². The first-order chi connectivity index (χ1) is 9.63. The number of guanidine groups is 1. The van der Waals surface area contributed by atoms with Crippen LogP contribution in [0.3, 0.4) is 0 Å². The molecule has 0 saturated heterocycles. The minimum absolute atomic E-state index is 0.0193. The number of benzene rings is 2. The zero-order valence-corrected chi connectivity index (χ0v) is 10.6. The third-order valence-corrected chi connectivity index (χ3v) is 2.33. The van der Waals surface area contributed by atoms with Crippen molar-refractivity contribution in [2.24, 2.45) is 16.5 Å². The van der Waals surface area contributed by atoms with E-state index in [0.717, 1.165) is 0 Å². The number of hydrogen-bond acceptors (Lipinski definition) is 3. The second kappa shape index (κ2) is 6.24. The fourth-order valence-electron chi connectivity index (χ4n) is 1.51. The van der Waals surface area contributed by atoms with E-state index in [1.807, 2.05) is 6.07 Å². The van der Waals surface area contributed by atoms with Crippen LogP contribution in [-0.4, -0.2) is 12.1 Å². The molecular weight excluding hydrogens is 256 g/mol. The van der Waals surface area contributed by atoms with Crippen molar-refractivity contribution in [1.29, 1.82) is 0 Å². The smallest absolute Gasteiger partial charge is 0.410 e. The lowest BCUT2D eigenvalue weighted by atomic mass is 10.3. The highest BCUT2D eigenvalue weighted by Crippen LogP contribution is 2.16. The second-order valence-corrected chi connectivity index (χ2v) is 3.91. The molecule has 0 aliphatic rings. The summed E-state index contributed by atoms with van der Waals surface area (Å²) in [6.07, 6.45) is -0.564. The van der Waals surface area contributed by atoms with Gasteiger partial charge in [0.25, 0.3) is 0 Å². The molecule has 2 rings (SSSR count). The van der Waals surface area contributed by atoms with Gasteiger partial charge in [0.2, 0.25) is 0 Å². The van der Waals surface area contributed by atoms with Crippen molar-refractivity contribution in [3.8, 4) is 5.75 Å². The SMILES string of the molecule is NC(N)=Nc1ccc(NC(=O)Oc2ccccc2)cc1. The second-order valence-electron chi connectivity index (χ2n) is 3.91. The van der Waals surface area contributed by atoms with E-state index in [1.165, 1.54) is 0 Å². The van der Waals surface area contributed by atoms with Crippen molar-refractivity contribution in [3.63, 3.8) is 0 Å². The van der Waals surface area contributed by atoms with Gasteiger partial charge in [0, 0.05) is 5.69 Å². The summed E-state index contributed by atoms with van der Waals surface area (Å²) in [5.74, 6) is 0.455. The average molecular weight is 270 g/mol. The van der Waals surface area contributed by atoms with Crippen LogP contribution in [0.25, 0.3) is 0 Å². The molecule has 0 heterocycles. The van der Waals surface area contributed by atoms with Crippen LogP contribution in [0.5, 0.6) is 5.75 Å². The van der Waals surface area contributed by atoms with Gasteiger partial charge in [0.05, 0.1) is 5.69 Å². The number of carbonyl (C=O) groups is 1. The summed E-state index contributed by atoms with van der Waals surface area (Å²) in [6, 6.07) is 15.5. The normalized spacial score (nSPS) is 9.60. The maximum Gasteiger partial charge on any atom is 0.417 e. The molecule has 20 heavy (non-hydrogen) atoms. The van der Waals surface area contributed by atoms with Crippen LogP contribution in [0.2, 0.25) is 0 Å². The third-order valence-electron chi connectivity index (χ3n) is 2.33. The summed E-state index contributed by atoms with van der Waals surface area (Å²) >= 11 is 0. The maximum absolute atomic E-state index is 11.6. The minimum Gasteiger partial charge on any atom is -0.410 e. The first kappa shape index (κ1) is 13.4. The summed E-state index contributed by atoms with van der Waals surface area (Å²) < 4.78 is 5.10. The number of carbonyl (C=O) groups excluding carboxylic acids is 1. The summed E-state index contributed by atoms with van der Waals surface area (Å²) in [4.78, 5) is 15.5. The highest BCUT2D eigenvalue weighted by molar-refractivity contribution is 5.86. The monoisotopic (exact) mass is 270 g/mol. The molecule has 0 aliphatic carbocycles. The molecule has 0 radical (unpaired) electrons. The predicted molar refractivity (Wildman–Crippen MR) is 78.0 cm³/mol. The van der Waals surface area contributed by atoms with E-state index in [2.05, 4.69) is 10.3 Å². The molecule has 1 amide bonds. The summed E-state index contributed by atoms with van der Waals surface area (Å²) in [5, 5.41) is 2.60. The molecule has 0 unspecified atom stereocenters. The Morgan fingerprint density at radius 1 is 1.00 bits per heavy atom. The molecule has 0 saturated carbocycles. The van der Waals surface area contributed by atoms with E-state index in [1.54, 1.807) is 48.5 Å². The molecule has 5 N–H and O–H groups in total. The van der Waals surface area contributed by atoms with E-state index >= 15 is 0 Å². The highest BCUT2D eigenvalue weighted by atomic mass is 16.6. The Kier molecular flexibility index (Phi) is 4.18. The molecule has 0 fully saturated rings. The van der Waals surface area contributed by atoms with Crippen LogP contribution in [0.1, 0.15) is 0 Å². The number of ether oxygens (including phenoxy) is 1. The predicted octanol–water partition coefficient (Wildman–Crippen LogP) is 2.20. The van der Waals surface area contributed by atoms with Crippen molar-refractivity contribution < 1.29 is 9.53 Å². The maximum atomic E-state index is 11.6. The van der Waals surface area contributed by atoms with Gasteiger partial charge in [0.1, 0.15) is 5.75 Å². The van der Waals surface area contributed by atoms with Crippen LogP contribution < -0.4 is 21.5 Å². The number of nitrogens with zero attached hydrogens (tertiary/aromatic N) is 1. The van der Waals surface area contributed by atoms with Crippen molar-refractivity contribution >= 4 is 23.4 Å². The largest absolute Gasteiger partial charge is 0.417 e. The van der Waals surface area contributed by atoms with Gasteiger partial charge in [-0.2, -0.15) is 0 Å². The van der Waals surface area contributed by atoms with E-state index in [-0.39, 0.29) is 5.96 Å². The molecule has 0 atom stereocenters. The number of anilines is 1. The number of nitrogens with one attached hydrogen (secondary N) is 1. The van der Waals surface area contributed by atoms with Crippen molar-refractivity contribution in [3.05, 3.63) is 54.6 Å². The molecule has 0 aromatic heterocycles. The molecule has 0 bridgehead atoms. The quantitative estimate of drug-likeness (QED) is 0.587.